The average Bonchev–Trinajstić information content (AvgIpc) is 3.14. The molecule has 4 aromatic carbocycles. The number of ketones is 1. The van der Waals surface area contributed by atoms with E-state index in [1.807, 2.05) is 97.1 Å². The molecule has 1 heterocycles. The molecule has 2 atom stereocenters. The average molecular weight is 537 g/mol. The Bertz CT molecular complexity index is 1550. The number of hydrogen-bond donors (Lipinski definition) is 2. The summed E-state index contributed by atoms with van der Waals surface area (Å²) in [7, 11) is 1.63. The van der Waals surface area contributed by atoms with Gasteiger partial charge < -0.3 is 20.1 Å². The minimum absolute atomic E-state index is 0.00370. The number of allylic oxidation sites excluding steroid dienone is 1. The van der Waals surface area contributed by atoms with Crippen LogP contribution in [0.25, 0.3) is 0 Å². The van der Waals surface area contributed by atoms with Gasteiger partial charge in [-0.3, -0.25) is 4.79 Å². The molecule has 5 nitrogen and oxygen atoms in total. The van der Waals surface area contributed by atoms with Crippen molar-refractivity contribution in [2.45, 2.75) is 31.4 Å². The van der Waals surface area contributed by atoms with Gasteiger partial charge in [0.1, 0.15) is 6.61 Å². The van der Waals surface area contributed by atoms with E-state index in [2.05, 4.69) is 10.6 Å². The van der Waals surface area contributed by atoms with Crippen LogP contribution in [0.5, 0.6) is 11.5 Å². The van der Waals surface area contributed by atoms with E-state index in [0.29, 0.717) is 36.0 Å². The summed E-state index contributed by atoms with van der Waals surface area (Å²) in [6.45, 7) is 0.412. The number of methoxy groups -OCH3 is 1. The van der Waals surface area contributed by atoms with Gasteiger partial charge in [0.2, 0.25) is 0 Å². The molecule has 39 heavy (non-hydrogen) atoms. The normalized spacial score (nSPS) is 18.3. The predicted octanol–water partition coefficient (Wildman–Crippen LogP) is 7.91. The SMILES string of the molecule is COc1ccc(C2Nc3ccccc3NC3=C2C(=O)CC(c2ccccc2Cl)C3)cc1OCc1ccccc1. The van der Waals surface area contributed by atoms with Crippen molar-refractivity contribution in [3.63, 3.8) is 0 Å². The third kappa shape index (κ3) is 5.10. The zero-order valence-corrected chi connectivity index (χ0v) is 22.4. The van der Waals surface area contributed by atoms with Crippen LogP contribution >= 0.6 is 11.6 Å². The van der Waals surface area contributed by atoms with Gasteiger partial charge >= 0.3 is 0 Å². The lowest BCUT2D eigenvalue weighted by molar-refractivity contribution is -0.116. The lowest BCUT2D eigenvalue weighted by Gasteiger charge is -2.30. The molecule has 0 spiro atoms. The minimum Gasteiger partial charge on any atom is -0.493 e. The van der Waals surface area contributed by atoms with E-state index in [-0.39, 0.29) is 17.7 Å². The Balaban J connectivity index is 1.40. The topological polar surface area (TPSA) is 59.6 Å². The van der Waals surface area contributed by atoms with Crippen LogP contribution in [-0.2, 0) is 11.4 Å². The molecule has 196 valence electrons. The number of carbonyl (C=O) groups is 1. The molecule has 0 saturated carbocycles. The third-order valence-electron chi connectivity index (χ3n) is 7.41. The Labute approximate surface area is 233 Å². The van der Waals surface area contributed by atoms with Crippen molar-refractivity contribution >= 4 is 28.8 Å². The van der Waals surface area contributed by atoms with Gasteiger partial charge in [0, 0.05) is 22.7 Å². The Morgan fingerprint density at radius 3 is 2.38 bits per heavy atom. The zero-order chi connectivity index (χ0) is 26.8. The van der Waals surface area contributed by atoms with Crippen molar-refractivity contribution in [3.8, 4) is 11.5 Å². The van der Waals surface area contributed by atoms with Crippen LogP contribution < -0.4 is 20.1 Å². The highest BCUT2D eigenvalue weighted by Gasteiger charge is 2.36. The first-order chi connectivity index (χ1) is 19.1. The number of fused-ring (bicyclic) bond motifs is 1. The van der Waals surface area contributed by atoms with Gasteiger partial charge in [0.05, 0.1) is 24.5 Å². The zero-order valence-electron chi connectivity index (χ0n) is 21.6. The van der Waals surface area contributed by atoms with Gasteiger partial charge in [0.25, 0.3) is 0 Å². The van der Waals surface area contributed by atoms with Gasteiger partial charge in [0.15, 0.2) is 17.3 Å². The van der Waals surface area contributed by atoms with Crippen molar-refractivity contribution < 1.29 is 14.3 Å². The monoisotopic (exact) mass is 536 g/mol. The fraction of sp³-hybridized carbons (Fsp3) is 0.182. The van der Waals surface area contributed by atoms with E-state index in [0.717, 1.165) is 39.3 Å². The molecule has 0 radical (unpaired) electrons. The quantitative estimate of drug-likeness (QED) is 0.262. The van der Waals surface area contributed by atoms with Crippen molar-refractivity contribution in [2.24, 2.45) is 0 Å². The van der Waals surface area contributed by atoms with Crippen molar-refractivity contribution in [1.82, 2.24) is 0 Å². The van der Waals surface area contributed by atoms with Crippen LogP contribution in [-0.4, -0.2) is 12.9 Å². The van der Waals surface area contributed by atoms with Gasteiger partial charge in [-0.15, -0.1) is 0 Å². The molecular weight excluding hydrogens is 508 g/mol. The van der Waals surface area contributed by atoms with Crippen molar-refractivity contribution in [1.29, 1.82) is 0 Å². The van der Waals surface area contributed by atoms with Crippen LogP contribution in [0.1, 0.15) is 41.5 Å². The van der Waals surface area contributed by atoms with E-state index in [9.17, 15) is 4.79 Å². The minimum atomic E-state index is -0.360. The molecule has 2 unspecified atom stereocenters. The van der Waals surface area contributed by atoms with Crippen LogP contribution in [0.2, 0.25) is 5.02 Å². The lowest BCUT2D eigenvalue weighted by Crippen LogP contribution is -2.27. The Kier molecular flexibility index (Phi) is 6.99. The number of Topliss-reactive ketones (excluding diaryl/α,β-unsaturated/α-hetero) is 1. The van der Waals surface area contributed by atoms with Crippen LogP contribution in [0.15, 0.2) is 108 Å². The second kappa shape index (κ2) is 10.9. The first-order valence-corrected chi connectivity index (χ1v) is 13.5. The number of halogens is 1. The molecule has 0 saturated heterocycles. The number of rotatable bonds is 6. The highest BCUT2D eigenvalue weighted by molar-refractivity contribution is 6.31. The van der Waals surface area contributed by atoms with E-state index in [1.54, 1.807) is 7.11 Å². The second-order valence-electron chi connectivity index (χ2n) is 9.87. The second-order valence-corrected chi connectivity index (χ2v) is 10.3. The van der Waals surface area contributed by atoms with E-state index < -0.39 is 0 Å². The van der Waals surface area contributed by atoms with Crippen molar-refractivity contribution in [2.75, 3.05) is 17.7 Å². The molecule has 1 aliphatic carbocycles. The molecular formula is C33H29ClN2O3. The molecule has 0 amide bonds. The maximum Gasteiger partial charge on any atom is 0.163 e. The summed E-state index contributed by atoms with van der Waals surface area (Å²) in [5.74, 6) is 1.38. The molecule has 6 rings (SSSR count). The summed E-state index contributed by atoms with van der Waals surface area (Å²) < 4.78 is 11.8. The number of carbonyl (C=O) groups excluding carboxylic acids is 1. The summed E-state index contributed by atoms with van der Waals surface area (Å²) in [4.78, 5) is 13.9. The lowest BCUT2D eigenvalue weighted by atomic mass is 9.78. The summed E-state index contributed by atoms with van der Waals surface area (Å²) in [6, 6.07) is 31.4. The molecule has 4 aromatic rings. The number of ether oxygens (including phenoxy) is 2. The fourth-order valence-electron chi connectivity index (χ4n) is 5.49. The fourth-order valence-corrected chi connectivity index (χ4v) is 5.78. The van der Waals surface area contributed by atoms with Gasteiger partial charge in [-0.05, 0) is 59.4 Å². The van der Waals surface area contributed by atoms with E-state index in [1.165, 1.54) is 0 Å². The van der Waals surface area contributed by atoms with E-state index in [4.69, 9.17) is 21.1 Å². The van der Waals surface area contributed by atoms with Crippen LogP contribution in [0.3, 0.4) is 0 Å². The highest BCUT2D eigenvalue weighted by Crippen LogP contribution is 2.46. The molecule has 2 N–H and O–H groups in total. The van der Waals surface area contributed by atoms with Gasteiger partial charge in [-0.1, -0.05) is 78.3 Å². The first-order valence-electron chi connectivity index (χ1n) is 13.1. The Hall–Kier alpha value is -4.22. The summed E-state index contributed by atoms with van der Waals surface area (Å²) >= 11 is 6.55. The maximum absolute atomic E-state index is 13.9. The first kappa shape index (κ1) is 25.1. The highest BCUT2D eigenvalue weighted by atomic mass is 35.5. The summed E-state index contributed by atoms with van der Waals surface area (Å²) in [5.41, 5.74) is 6.53. The number of hydrogen-bond acceptors (Lipinski definition) is 5. The van der Waals surface area contributed by atoms with Crippen LogP contribution in [0, 0.1) is 0 Å². The summed E-state index contributed by atoms with van der Waals surface area (Å²) in [5, 5.41) is 7.93. The maximum atomic E-state index is 13.9. The Morgan fingerprint density at radius 1 is 0.846 bits per heavy atom. The predicted molar refractivity (Wildman–Crippen MR) is 156 cm³/mol. The molecule has 6 heteroatoms. The molecule has 0 aromatic heterocycles. The smallest absolute Gasteiger partial charge is 0.163 e. The third-order valence-corrected chi connectivity index (χ3v) is 7.76. The molecule has 0 bridgehead atoms. The standard InChI is InChI=1S/C33H29ClN2O3/c1-38-30-16-15-22(19-31(30)39-20-21-9-3-2-4-10-21)33-32-28(35-26-13-7-8-14-27(26)36-33)17-23(18-29(32)37)24-11-5-6-12-25(24)34/h2-16,19,23,33,35-36H,17-18,20H2,1H3. The van der Waals surface area contributed by atoms with E-state index >= 15 is 0 Å². The largest absolute Gasteiger partial charge is 0.493 e. The number of para-hydroxylation sites is 2. The van der Waals surface area contributed by atoms with Gasteiger partial charge in [-0.25, -0.2) is 0 Å². The number of benzene rings is 4. The molecule has 1 aliphatic heterocycles. The molecule has 2 aliphatic rings. The summed E-state index contributed by atoms with van der Waals surface area (Å²) in [6.07, 6.45) is 1.08. The van der Waals surface area contributed by atoms with Crippen molar-refractivity contribution in [3.05, 3.63) is 130 Å². The Morgan fingerprint density at radius 2 is 1.59 bits per heavy atom. The number of anilines is 2. The molecule has 0 fully saturated rings. The van der Waals surface area contributed by atoms with Gasteiger partial charge in [-0.2, -0.15) is 0 Å². The number of nitrogens with one attached hydrogen (secondary N) is 2. The van der Waals surface area contributed by atoms with Crippen LogP contribution in [0.4, 0.5) is 11.4 Å².